The number of hydrogen-bond acceptors (Lipinski definition) is 1. The minimum atomic E-state index is 0.804. The molecule has 1 atom stereocenters. The van der Waals surface area contributed by atoms with E-state index in [-0.39, 0.29) is 0 Å². The fourth-order valence-electron chi connectivity index (χ4n) is 2.32. The van der Waals surface area contributed by atoms with Gasteiger partial charge in [-0.05, 0) is 24.0 Å². The summed E-state index contributed by atoms with van der Waals surface area (Å²) in [6.45, 7) is 4.56. The third-order valence-electron chi connectivity index (χ3n) is 3.49. The Bertz CT molecular complexity index is 306. The van der Waals surface area contributed by atoms with E-state index in [0.717, 1.165) is 18.1 Å². The molecule has 1 rings (SSSR count). The number of methoxy groups -OCH3 is 1. The summed E-state index contributed by atoms with van der Waals surface area (Å²) in [6, 6.07) is 8.41. The zero-order valence-corrected chi connectivity index (χ0v) is 11.5. The van der Waals surface area contributed by atoms with Crippen molar-refractivity contribution in [2.24, 2.45) is 5.92 Å². The molecular weight excluding hydrogens is 208 g/mol. The van der Waals surface area contributed by atoms with E-state index in [0.29, 0.717) is 0 Å². The highest BCUT2D eigenvalue weighted by Crippen LogP contribution is 2.25. The highest BCUT2D eigenvalue weighted by Gasteiger charge is 2.10. The van der Waals surface area contributed by atoms with Crippen LogP contribution >= 0.6 is 0 Å². The zero-order chi connectivity index (χ0) is 12.5. The standard InChI is InChI=1S/C16H26O/c1-4-6-7-10-14(5-2)13-15-11-8-9-12-16(15)17-3/h8-9,11-12,14H,4-7,10,13H2,1-3H3. The first kappa shape index (κ1) is 14.1. The Hall–Kier alpha value is -0.980. The predicted octanol–water partition coefficient (Wildman–Crippen LogP) is 4.84. The molecule has 0 aromatic heterocycles. The van der Waals surface area contributed by atoms with Crippen molar-refractivity contribution >= 4 is 0 Å². The molecule has 0 aliphatic heterocycles. The molecule has 96 valence electrons. The smallest absolute Gasteiger partial charge is 0.122 e. The van der Waals surface area contributed by atoms with Crippen molar-refractivity contribution in [1.29, 1.82) is 0 Å². The van der Waals surface area contributed by atoms with Crippen LogP contribution in [0.15, 0.2) is 24.3 Å². The first-order valence-corrected chi connectivity index (χ1v) is 6.93. The third-order valence-corrected chi connectivity index (χ3v) is 3.49. The number of unbranched alkanes of at least 4 members (excludes halogenated alkanes) is 2. The van der Waals surface area contributed by atoms with Gasteiger partial charge in [-0.15, -0.1) is 0 Å². The number of para-hydroxylation sites is 1. The van der Waals surface area contributed by atoms with Crippen molar-refractivity contribution < 1.29 is 4.74 Å². The summed E-state index contributed by atoms with van der Waals surface area (Å²) >= 11 is 0. The van der Waals surface area contributed by atoms with Crippen molar-refractivity contribution in [1.82, 2.24) is 0 Å². The van der Waals surface area contributed by atoms with Crippen LogP contribution in [0.5, 0.6) is 5.75 Å². The Morgan fingerprint density at radius 2 is 1.88 bits per heavy atom. The number of ether oxygens (including phenoxy) is 1. The molecule has 0 saturated carbocycles. The summed E-state index contributed by atoms with van der Waals surface area (Å²) < 4.78 is 5.42. The van der Waals surface area contributed by atoms with Gasteiger partial charge >= 0.3 is 0 Å². The predicted molar refractivity (Wildman–Crippen MR) is 74.6 cm³/mol. The van der Waals surface area contributed by atoms with Crippen LogP contribution in [0.25, 0.3) is 0 Å². The second-order valence-electron chi connectivity index (χ2n) is 4.79. The Kier molecular flexibility index (Phi) is 6.76. The fraction of sp³-hybridized carbons (Fsp3) is 0.625. The van der Waals surface area contributed by atoms with E-state index in [2.05, 4.69) is 32.0 Å². The normalized spacial score (nSPS) is 12.4. The molecule has 1 heteroatoms. The molecule has 0 amide bonds. The van der Waals surface area contributed by atoms with Gasteiger partial charge in [0.25, 0.3) is 0 Å². The minimum Gasteiger partial charge on any atom is -0.496 e. The zero-order valence-electron chi connectivity index (χ0n) is 11.5. The lowest BCUT2D eigenvalue weighted by Crippen LogP contribution is -2.04. The summed E-state index contributed by atoms with van der Waals surface area (Å²) in [7, 11) is 1.76. The van der Waals surface area contributed by atoms with Crippen molar-refractivity contribution in [2.45, 2.75) is 52.4 Å². The molecular formula is C16H26O. The summed E-state index contributed by atoms with van der Waals surface area (Å²) in [5, 5.41) is 0. The van der Waals surface area contributed by atoms with Crippen LogP contribution in [0.3, 0.4) is 0 Å². The van der Waals surface area contributed by atoms with E-state index < -0.39 is 0 Å². The van der Waals surface area contributed by atoms with Gasteiger partial charge in [-0.1, -0.05) is 64.2 Å². The molecule has 1 unspecified atom stereocenters. The molecule has 0 heterocycles. The number of benzene rings is 1. The van der Waals surface area contributed by atoms with Crippen molar-refractivity contribution in [2.75, 3.05) is 7.11 Å². The molecule has 1 aromatic rings. The summed E-state index contributed by atoms with van der Waals surface area (Å²) in [4.78, 5) is 0. The van der Waals surface area contributed by atoms with Gasteiger partial charge in [0.1, 0.15) is 5.75 Å². The fourth-order valence-corrected chi connectivity index (χ4v) is 2.32. The van der Waals surface area contributed by atoms with Crippen LogP contribution in [-0.4, -0.2) is 7.11 Å². The maximum atomic E-state index is 5.42. The molecule has 0 aliphatic carbocycles. The first-order chi connectivity index (χ1) is 8.31. The van der Waals surface area contributed by atoms with E-state index in [4.69, 9.17) is 4.74 Å². The van der Waals surface area contributed by atoms with Gasteiger partial charge in [-0.25, -0.2) is 0 Å². The number of hydrogen-bond donors (Lipinski definition) is 0. The highest BCUT2D eigenvalue weighted by molar-refractivity contribution is 5.33. The molecule has 0 spiro atoms. The Balaban J connectivity index is 2.54. The quantitative estimate of drug-likeness (QED) is 0.585. The molecule has 0 bridgehead atoms. The Morgan fingerprint density at radius 3 is 2.53 bits per heavy atom. The molecule has 0 aliphatic rings. The second kappa shape index (κ2) is 8.16. The van der Waals surface area contributed by atoms with Crippen LogP contribution in [0.1, 0.15) is 51.5 Å². The summed E-state index contributed by atoms with van der Waals surface area (Å²) in [6.07, 6.45) is 7.81. The third kappa shape index (κ3) is 4.80. The lowest BCUT2D eigenvalue weighted by atomic mass is 9.91. The van der Waals surface area contributed by atoms with Crippen molar-refractivity contribution in [3.05, 3.63) is 29.8 Å². The van der Waals surface area contributed by atoms with Gasteiger partial charge < -0.3 is 4.74 Å². The number of rotatable bonds is 8. The monoisotopic (exact) mass is 234 g/mol. The Labute approximate surface area is 106 Å². The molecule has 0 saturated heterocycles. The van der Waals surface area contributed by atoms with Gasteiger partial charge in [-0.2, -0.15) is 0 Å². The van der Waals surface area contributed by atoms with Crippen LogP contribution in [0.4, 0.5) is 0 Å². The van der Waals surface area contributed by atoms with E-state index in [1.807, 2.05) is 6.07 Å². The highest BCUT2D eigenvalue weighted by atomic mass is 16.5. The average molecular weight is 234 g/mol. The van der Waals surface area contributed by atoms with Crippen LogP contribution in [0.2, 0.25) is 0 Å². The van der Waals surface area contributed by atoms with Gasteiger partial charge in [0.2, 0.25) is 0 Å². The topological polar surface area (TPSA) is 9.23 Å². The van der Waals surface area contributed by atoms with Gasteiger partial charge in [0.05, 0.1) is 7.11 Å². The van der Waals surface area contributed by atoms with Gasteiger partial charge in [0.15, 0.2) is 0 Å². The lowest BCUT2D eigenvalue weighted by molar-refractivity contribution is 0.395. The van der Waals surface area contributed by atoms with Crippen molar-refractivity contribution in [3.63, 3.8) is 0 Å². The Morgan fingerprint density at radius 1 is 1.12 bits per heavy atom. The maximum absolute atomic E-state index is 5.42. The van der Waals surface area contributed by atoms with Crippen LogP contribution in [-0.2, 0) is 6.42 Å². The molecule has 17 heavy (non-hydrogen) atoms. The van der Waals surface area contributed by atoms with E-state index in [1.54, 1.807) is 7.11 Å². The SMILES string of the molecule is CCCCCC(CC)Cc1ccccc1OC. The van der Waals surface area contributed by atoms with Gasteiger partial charge in [0, 0.05) is 0 Å². The maximum Gasteiger partial charge on any atom is 0.122 e. The largest absolute Gasteiger partial charge is 0.496 e. The molecule has 0 fully saturated rings. The molecule has 0 radical (unpaired) electrons. The van der Waals surface area contributed by atoms with E-state index in [9.17, 15) is 0 Å². The first-order valence-electron chi connectivity index (χ1n) is 6.93. The van der Waals surface area contributed by atoms with E-state index in [1.165, 1.54) is 37.7 Å². The van der Waals surface area contributed by atoms with Crippen LogP contribution in [0, 0.1) is 5.92 Å². The van der Waals surface area contributed by atoms with Crippen LogP contribution < -0.4 is 4.74 Å². The summed E-state index contributed by atoms with van der Waals surface area (Å²) in [5.74, 6) is 1.85. The molecule has 1 aromatic carbocycles. The average Bonchev–Trinajstić information content (AvgIpc) is 2.38. The molecule has 1 nitrogen and oxygen atoms in total. The second-order valence-corrected chi connectivity index (χ2v) is 4.79. The molecule has 0 N–H and O–H groups in total. The van der Waals surface area contributed by atoms with E-state index >= 15 is 0 Å². The lowest BCUT2D eigenvalue weighted by Gasteiger charge is -2.16. The minimum absolute atomic E-state index is 0.804. The summed E-state index contributed by atoms with van der Waals surface area (Å²) in [5.41, 5.74) is 1.36. The van der Waals surface area contributed by atoms with Gasteiger partial charge in [-0.3, -0.25) is 0 Å². The van der Waals surface area contributed by atoms with Crippen molar-refractivity contribution in [3.8, 4) is 5.75 Å².